The number of likely N-dealkylation sites (tertiary alicyclic amines) is 1. The van der Waals surface area contributed by atoms with Crippen LogP contribution in [-0.2, 0) is 11.4 Å². The third-order valence-electron chi connectivity index (χ3n) is 5.81. The van der Waals surface area contributed by atoms with Crippen molar-refractivity contribution in [3.63, 3.8) is 0 Å². The molecule has 1 N–H and O–H groups in total. The Morgan fingerprint density at radius 2 is 1.83 bits per heavy atom. The summed E-state index contributed by atoms with van der Waals surface area (Å²) in [5.41, 5.74) is 0.851. The van der Waals surface area contributed by atoms with E-state index in [1.807, 2.05) is 48.5 Å². The van der Waals surface area contributed by atoms with Crippen LogP contribution >= 0.6 is 0 Å². The zero-order valence-electron chi connectivity index (χ0n) is 19.8. The van der Waals surface area contributed by atoms with E-state index >= 15 is 0 Å². The van der Waals surface area contributed by atoms with Crippen molar-refractivity contribution in [1.29, 1.82) is 0 Å². The van der Waals surface area contributed by atoms with Crippen LogP contribution in [0.5, 0.6) is 17.2 Å². The Kier molecular flexibility index (Phi) is 8.93. The van der Waals surface area contributed by atoms with Gasteiger partial charge in [0.25, 0.3) is 0 Å². The molecule has 0 atom stereocenters. The number of benzene rings is 3. The molecule has 1 aliphatic rings. The topological polar surface area (TPSA) is 59.0 Å². The molecule has 8 heteroatoms. The van der Waals surface area contributed by atoms with E-state index in [1.54, 1.807) is 0 Å². The van der Waals surface area contributed by atoms with E-state index in [9.17, 15) is 18.7 Å². The van der Waals surface area contributed by atoms with Gasteiger partial charge in [0.15, 0.2) is 0 Å². The van der Waals surface area contributed by atoms with E-state index in [0.29, 0.717) is 12.4 Å². The molecule has 1 saturated heterocycles. The fraction of sp³-hybridized carbons (Fsp3) is 0.250. The summed E-state index contributed by atoms with van der Waals surface area (Å²) < 4.78 is 40.1. The molecule has 1 aliphatic heterocycles. The van der Waals surface area contributed by atoms with Gasteiger partial charge in [-0.3, -0.25) is 0 Å². The van der Waals surface area contributed by atoms with E-state index < -0.39 is 38.6 Å². The van der Waals surface area contributed by atoms with Crippen molar-refractivity contribution in [2.24, 2.45) is 0 Å². The van der Waals surface area contributed by atoms with Gasteiger partial charge in [-0.1, -0.05) is 0 Å². The SMILES string of the molecule is CN1CCC(Oc2cccc(OCc3ccccc3[I-]C(=O)/C=C/c3ccc(F)c(O)c3F)c2)CC1. The van der Waals surface area contributed by atoms with Crippen LogP contribution in [0.2, 0.25) is 0 Å². The summed E-state index contributed by atoms with van der Waals surface area (Å²) in [7, 11) is 2.12. The molecule has 1 fully saturated rings. The van der Waals surface area contributed by atoms with E-state index in [4.69, 9.17) is 9.47 Å². The molecule has 0 saturated carbocycles. The Labute approximate surface area is 219 Å². The number of hydrogen-bond donors (Lipinski definition) is 1. The fourth-order valence-electron chi connectivity index (χ4n) is 3.77. The first-order valence-electron chi connectivity index (χ1n) is 11.6. The Balaban J connectivity index is 1.36. The number of piperidine rings is 1. The van der Waals surface area contributed by atoms with E-state index in [1.165, 1.54) is 18.2 Å². The molecule has 0 aliphatic carbocycles. The van der Waals surface area contributed by atoms with Crippen LogP contribution < -0.4 is 30.7 Å². The molecule has 3 aromatic rings. The molecular weight excluding hydrogens is 579 g/mol. The van der Waals surface area contributed by atoms with Gasteiger partial charge in [-0.25, -0.2) is 0 Å². The van der Waals surface area contributed by atoms with Gasteiger partial charge in [0.2, 0.25) is 0 Å². The molecule has 4 rings (SSSR count). The first-order chi connectivity index (χ1) is 17.4. The number of ether oxygens (including phenoxy) is 2. The van der Waals surface area contributed by atoms with Gasteiger partial charge in [0, 0.05) is 0 Å². The molecule has 0 amide bonds. The number of phenols is 1. The third kappa shape index (κ3) is 7.04. The molecule has 0 radical (unpaired) electrons. The van der Waals surface area contributed by atoms with E-state index in [0.717, 1.165) is 46.9 Å². The molecule has 0 spiro atoms. The van der Waals surface area contributed by atoms with Crippen molar-refractivity contribution in [3.05, 3.63) is 93.1 Å². The third-order valence-corrected chi connectivity index (χ3v) is 8.34. The molecule has 0 aromatic heterocycles. The second kappa shape index (κ2) is 12.3. The van der Waals surface area contributed by atoms with Gasteiger partial charge in [0.1, 0.15) is 0 Å². The number of phenolic OH excluding ortho intramolecular Hbond substituents is 1. The zero-order chi connectivity index (χ0) is 25.5. The monoisotopic (exact) mass is 606 g/mol. The first-order valence-corrected chi connectivity index (χ1v) is 13.7. The maximum atomic E-state index is 14.0. The second-order valence-corrected chi connectivity index (χ2v) is 11.3. The maximum absolute atomic E-state index is 14.0. The minimum atomic E-state index is -1.09. The Hall–Kier alpha value is -2.98. The van der Waals surface area contributed by atoms with Crippen molar-refractivity contribution in [3.8, 4) is 17.2 Å². The van der Waals surface area contributed by atoms with Crippen LogP contribution in [0.25, 0.3) is 6.08 Å². The van der Waals surface area contributed by atoms with Gasteiger partial charge >= 0.3 is 213 Å². The van der Waals surface area contributed by atoms with Crippen LogP contribution in [0.1, 0.15) is 24.0 Å². The second-order valence-electron chi connectivity index (χ2n) is 8.51. The van der Waals surface area contributed by atoms with Crippen molar-refractivity contribution in [2.45, 2.75) is 25.6 Å². The van der Waals surface area contributed by atoms with Gasteiger partial charge in [-0.05, 0) is 7.05 Å². The molecule has 1 heterocycles. The standard InChI is InChI=1S/C28H27F2INO4/c1-32-15-13-21(14-16-32)36-23-7-4-6-22(17-23)35-18-20-5-2-3-8-25(20)31-26(33)12-10-19-9-11-24(29)28(34)27(19)30/h2-12,17,21,34H,13-16,18H2,1H3/q-1/b12-10+. The number of allylic oxidation sites excluding steroid dienone is 1. The summed E-state index contributed by atoms with van der Waals surface area (Å²) >= 11 is -1.08. The van der Waals surface area contributed by atoms with Crippen LogP contribution in [0, 0.1) is 15.2 Å². The number of halogens is 3. The van der Waals surface area contributed by atoms with Crippen molar-refractivity contribution >= 4 is 9.87 Å². The zero-order valence-corrected chi connectivity index (χ0v) is 22.0. The molecule has 36 heavy (non-hydrogen) atoms. The molecule has 190 valence electrons. The summed E-state index contributed by atoms with van der Waals surface area (Å²) in [6.07, 6.45) is 4.72. The summed E-state index contributed by atoms with van der Waals surface area (Å²) in [4.78, 5) is 14.9. The Morgan fingerprint density at radius 1 is 1.08 bits per heavy atom. The summed E-state index contributed by atoms with van der Waals surface area (Å²) in [5, 5.41) is 9.40. The number of nitrogens with zero attached hydrogens (tertiary/aromatic N) is 1. The number of carbonyl (C=O) groups is 1. The average molecular weight is 606 g/mol. The first kappa shape index (κ1) is 26.1. The van der Waals surface area contributed by atoms with Crippen LogP contribution in [0.4, 0.5) is 8.78 Å². The normalized spacial score (nSPS) is 14.9. The van der Waals surface area contributed by atoms with Crippen molar-refractivity contribution < 1.29 is 49.4 Å². The predicted octanol–water partition coefficient (Wildman–Crippen LogP) is 2.22. The quantitative estimate of drug-likeness (QED) is 0.230. The number of hydrogen-bond acceptors (Lipinski definition) is 5. The van der Waals surface area contributed by atoms with Crippen LogP contribution in [0.3, 0.4) is 0 Å². The fourth-order valence-corrected chi connectivity index (χ4v) is 5.78. The molecule has 0 bridgehead atoms. The van der Waals surface area contributed by atoms with E-state index in [-0.39, 0.29) is 15.5 Å². The van der Waals surface area contributed by atoms with Gasteiger partial charge in [0.05, 0.1) is 0 Å². The molecule has 0 unspecified atom stereocenters. The number of rotatable bonds is 9. The summed E-state index contributed by atoms with van der Waals surface area (Å²) in [6.45, 7) is 2.34. The van der Waals surface area contributed by atoms with Gasteiger partial charge < -0.3 is 0 Å². The number of aromatic hydroxyl groups is 1. The molecule has 3 aromatic carbocycles. The Morgan fingerprint density at radius 3 is 2.64 bits per heavy atom. The van der Waals surface area contributed by atoms with E-state index in [2.05, 4.69) is 11.9 Å². The van der Waals surface area contributed by atoms with Gasteiger partial charge in [-0.2, -0.15) is 0 Å². The predicted molar refractivity (Wildman–Crippen MR) is 129 cm³/mol. The minimum absolute atomic E-state index is 0.0507. The van der Waals surface area contributed by atoms with Crippen molar-refractivity contribution in [1.82, 2.24) is 4.90 Å². The van der Waals surface area contributed by atoms with Crippen LogP contribution in [0.15, 0.2) is 66.7 Å². The number of carbonyl (C=O) groups excluding carboxylic acids is 1. The van der Waals surface area contributed by atoms with Crippen LogP contribution in [-0.4, -0.2) is 40.0 Å². The molecule has 5 nitrogen and oxygen atoms in total. The van der Waals surface area contributed by atoms with Gasteiger partial charge in [-0.15, -0.1) is 0 Å². The average Bonchev–Trinajstić information content (AvgIpc) is 2.88. The van der Waals surface area contributed by atoms with Crippen molar-refractivity contribution in [2.75, 3.05) is 20.1 Å². The summed E-state index contributed by atoms with van der Waals surface area (Å²) in [6, 6.07) is 17.3. The molecular formula is C28H27F2INO4-. The Bertz CT molecular complexity index is 1240. The summed E-state index contributed by atoms with van der Waals surface area (Å²) in [5.74, 6) is -1.72.